The molecule has 2 heterocycles. The summed E-state index contributed by atoms with van der Waals surface area (Å²) in [5, 5.41) is 7.91. The van der Waals surface area contributed by atoms with Crippen LogP contribution in [0.3, 0.4) is 0 Å². The fourth-order valence-corrected chi connectivity index (χ4v) is 7.43. The van der Waals surface area contributed by atoms with Gasteiger partial charge in [0.25, 0.3) is 0 Å². The SMILES string of the molecule is Cc1ccc(Nc2nc(N/N=C\c3cc(I)cc(I)c3OCc3ccccc3)nc(N3CCC(Cc4ccccc4)CC3)n2)cc1. The molecule has 1 fully saturated rings. The van der Waals surface area contributed by atoms with Crippen molar-refractivity contribution in [2.24, 2.45) is 11.0 Å². The largest absolute Gasteiger partial charge is 0.487 e. The second-order valence-electron chi connectivity index (χ2n) is 11.3. The Morgan fingerprint density at radius 2 is 1.52 bits per heavy atom. The molecule has 6 rings (SSSR count). The van der Waals surface area contributed by atoms with Crippen molar-refractivity contribution in [3.05, 3.63) is 126 Å². The summed E-state index contributed by atoms with van der Waals surface area (Å²) < 4.78 is 8.38. The highest BCUT2D eigenvalue weighted by Crippen LogP contribution is 2.29. The third-order valence-corrected chi connectivity index (χ3v) is 9.25. The Balaban J connectivity index is 1.20. The zero-order valence-corrected chi connectivity index (χ0v) is 29.9. The van der Waals surface area contributed by atoms with E-state index in [2.05, 4.69) is 145 Å². The van der Waals surface area contributed by atoms with Crippen molar-refractivity contribution in [3.63, 3.8) is 0 Å². The monoisotopic (exact) mass is 835 g/mol. The summed E-state index contributed by atoms with van der Waals surface area (Å²) in [6.07, 6.45) is 5.02. The number of ether oxygens (including phenoxy) is 1. The van der Waals surface area contributed by atoms with Crippen molar-refractivity contribution in [3.8, 4) is 5.75 Å². The Hall–Kier alpha value is -3.78. The lowest BCUT2D eigenvalue weighted by Crippen LogP contribution is -2.35. The summed E-state index contributed by atoms with van der Waals surface area (Å²) in [5.74, 6) is 2.90. The second-order valence-corrected chi connectivity index (χ2v) is 13.8. The summed E-state index contributed by atoms with van der Waals surface area (Å²) in [6, 6.07) is 33.2. The van der Waals surface area contributed by atoms with Crippen LogP contribution >= 0.6 is 45.2 Å². The Labute approximate surface area is 297 Å². The van der Waals surface area contributed by atoms with Gasteiger partial charge in [-0.3, -0.25) is 0 Å². The molecule has 1 aliphatic rings. The number of nitrogens with zero attached hydrogens (tertiary/aromatic N) is 5. The van der Waals surface area contributed by atoms with Crippen molar-refractivity contribution >= 4 is 74.9 Å². The van der Waals surface area contributed by atoms with E-state index in [0.29, 0.717) is 30.4 Å². The third-order valence-electron chi connectivity index (χ3n) is 7.83. The van der Waals surface area contributed by atoms with Gasteiger partial charge in [-0.05, 0) is 113 Å². The first-order chi connectivity index (χ1) is 22.5. The standard InChI is InChI=1S/C36H35I2N7O/c1-25-12-14-31(15-13-25)40-34-41-35(43-36(42-34)45-18-16-27(17-19-45)20-26-8-4-2-5-9-26)44-39-23-29-21-30(37)22-32(38)33(29)46-24-28-10-6-3-7-11-28/h2-15,21-23,27H,16-20,24H2,1H3,(H2,40,41,42,43,44)/b39-23-. The Kier molecular flexibility index (Phi) is 11.0. The lowest BCUT2D eigenvalue weighted by Gasteiger charge is -2.32. The molecule has 5 aromatic rings. The Morgan fingerprint density at radius 1 is 0.848 bits per heavy atom. The quantitative estimate of drug-likeness (QED) is 0.0784. The fraction of sp³-hybridized carbons (Fsp3) is 0.222. The highest BCUT2D eigenvalue weighted by molar-refractivity contribution is 14.1. The summed E-state index contributed by atoms with van der Waals surface area (Å²) >= 11 is 4.63. The second kappa shape index (κ2) is 15.7. The number of aromatic nitrogens is 3. The minimum atomic E-state index is 0.370. The molecule has 46 heavy (non-hydrogen) atoms. The fourth-order valence-electron chi connectivity index (χ4n) is 5.38. The summed E-state index contributed by atoms with van der Waals surface area (Å²) in [4.78, 5) is 16.5. The van der Waals surface area contributed by atoms with E-state index in [1.807, 2.05) is 30.3 Å². The van der Waals surface area contributed by atoms with Crippen LogP contribution in [0, 0.1) is 20.0 Å². The van der Waals surface area contributed by atoms with Crippen molar-refractivity contribution < 1.29 is 4.74 Å². The first-order valence-electron chi connectivity index (χ1n) is 15.3. The van der Waals surface area contributed by atoms with Gasteiger partial charge >= 0.3 is 0 Å². The maximum atomic E-state index is 6.26. The van der Waals surface area contributed by atoms with Crippen LogP contribution in [0.25, 0.3) is 0 Å². The molecule has 1 aromatic heterocycles. The van der Waals surface area contributed by atoms with Gasteiger partial charge in [-0.1, -0.05) is 78.4 Å². The molecule has 1 aliphatic heterocycles. The molecule has 0 spiro atoms. The number of hydrazone groups is 1. The van der Waals surface area contributed by atoms with Crippen LogP contribution in [0.2, 0.25) is 0 Å². The third kappa shape index (κ3) is 8.93. The molecule has 0 saturated carbocycles. The number of hydrogen-bond donors (Lipinski definition) is 2. The molecule has 4 aromatic carbocycles. The molecule has 0 aliphatic carbocycles. The van der Waals surface area contributed by atoms with Crippen molar-refractivity contribution in [1.29, 1.82) is 0 Å². The number of halogens is 2. The van der Waals surface area contributed by atoms with Gasteiger partial charge in [-0.2, -0.15) is 20.1 Å². The highest BCUT2D eigenvalue weighted by Gasteiger charge is 2.22. The molecule has 234 valence electrons. The van der Waals surface area contributed by atoms with Gasteiger partial charge in [-0.15, -0.1) is 0 Å². The van der Waals surface area contributed by atoms with Crippen LogP contribution < -0.4 is 20.4 Å². The molecule has 8 nitrogen and oxygen atoms in total. The molecular weight excluding hydrogens is 800 g/mol. The molecular formula is C36H35I2N7O. The minimum absolute atomic E-state index is 0.370. The van der Waals surface area contributed by atoms with E-state index in [9.17, 15) is 0 Å². The van der Waals surface area contributed by atoms with E-state index in [1.165, 1.54) is 11.1 Å². The number of anilines is 4. The van der Waals surface area contributed by atoms with Crippen LogP contribution in [0.15, 0.2) is 102 Å². The predicted octanol–water partition coefficient (Wildman–Crippen LogP) is 8.62. The summed E-state index contributed by atoms with van der Waals surface area (Å²) in [5.41, 5.74) is 8.54. The summed E-state index contributed by atoms with van der Waals surface area (Å²) in [7, 11) is 0. The van der Waals surface area contributed by atoms with Crippen LogP contribution in [0.1, 0.15) is 35.1 Å². The number of benzene rings is 4. The minimum Gasteiger partial charge on any atom is -0.487 e. The number of nitrogens with one attached hydrogen (secondary N) is 2. The van der Waals surface area contributed by atoms with E-state index in [1.54, 1.807) is 6.21 Å². The van der Waals surface area contributed by atoms with E-state index >= 15 is 0 Å². The van der Waals surface area contributed by atoms with Gasteiger partial charge in [0, 0.05) is 27.9 Å². The van der Waals surface area contributed by atoms with Crippen LogP contribution in [-0.2, 0) is 13.0 Å². The number of aryl methyl sites for hydroxylation is 1. The van der Waals surface area contributed by atoms with E-state index in [0.717, 1.165) is 62.1 Å². The lowest BCUT2D eigenvalue weighted by atomic mass is 9.90. The van der Waals surface area contributed by atoms with Crippen LogP contribution in [0.5, 0.6) is 5.75 Å². The molecule has 10 heteroatoms. The van der Waals surface area contributed by atoms with Gasteiger partial charge in [-0.25, -0.2) is 5.43 Å². The lowest BCUT2D eigenvalue weighted by molar-refractivity contribution is 0.303. The van der Waals surface area contributed by atoms with Crippen LogP contribution in [0.4, 0.5) is 23.5 Å². The van der Waals surface area contributed by atoms with Gasteiger partial charge < -0.3 is 15.0 Å². The summed E-state index contributed by atoms with van der Waals surface area (Å²) in [6.45, 7) is 4.31. The molecule has 0 amide bonds. The van der Waals surface area contributed by atoms with Gasteiger partial charge in [0.05, 0.1) is 9.78 Å². The average molecular weight is 836 g/mol. The number of rotatable bonds is 11. The maximum absolute atomic E-state index is 6.26. The predicted molar refractivity (Wildman–Crippen MR) is 203 cm³/mol. The maximum Gasteiger partial charge on any atom is 0.250 e. The Bertz CT molecular complexity index is 1760. The molecule has 0 radical (unpaired) electrons. The zero-order chi connectivity index (χ0) is 31.7. The van der Waals surface area contributed by atoms with Crippen molar-refractivity contribution in [2.45, 2.75) is 32.8 Å². The molecule has 0 unspecified atom stereocenters. The Morgan fingerprint density at radius 3 is 2.24 bits per heavy atom. The van der Waals surface area contributed by atoms with E-state index in [-0.39, 0.29) is 0 Å². The van der Waals surface area contributed by atoms with Gasteiger partial charge in [0.1, 0.15) is 12.4 Å². The normalized spacial score (nSPS) is 13.6. The smallest absolute Gasteiger partial charge is 0.250 e. The molecule has 0 atom stereocenters. The molecule has 1 saturated heterocycles. The van der Waals surface area contributed by atoms with Gasteiger partial charge in [0.15, 0.2) is 0 Å². The van der Waals surface area contributed by atoms with Crippen LogP contribution in [-0.4, -0.2) is 34.3 Å². The van der Waals surface area contributed by atoms with Crippen molar-refractivity contribution in [1.82, 2.24) is 15.0 Å². The average Bonchev–Trinajstić information content (AvgIpc) is 3.06. The zero-order valence-electron chi connectivity index (χ0n) is 25.5. The number of piperidine rings is 1. The van der Waals surface area contributed by atoms with Crippen molar-refractivity contribution in [2.75, 3.05) is 28.7 Å². The first-order valence-corrected chi connectivity index (χ1v) is 17.5. The first kappa shape index (κ1) is 32.2. The van der Waals surface area contributed by atoms with E-state index < -0.39 is 0 Å². The van der Waals surface area contributed by atoms with Gasteiger partial charge in [0.2, 0.25) is 17.8 Å². The molecule has 0 bridgehead atoms. The van der Waals surface area contributed by atoms with E-state index in [4.69, 9.17) is 14.7 Å². The topological polar surface area (TPSA) is 87.6 Å². The number of hydrogen-bond acceptors (Lipinski definition) is 8. The molecule has 2 N–H and O–H groups in total. The highest BCUT2D eigenvalue weighted by atomic mass is 127.